The molecule has 2 aromatic carbocycles. The van der Waals surface area contributed by atoms with Crippen LogP contribution in [0.2, 0.25) is 5.02 Å². The number of ether oxygens (including phenoxy) is 1. The Morgan fingerprint density at radius 3 is 2.68 bits per heavy atom. The zero-order valence-corrected chi connectivity index (χ0v) is 12.9. The lowest BCUT2D eigenvalue weighted by Crippen LogP contribution is -2.28. The molecule has 0 aliphatic rings. The smallest absolute Gasteiger partial charge is 0.407 e. The molecule has 0 fully saturated rings. The molecule has 0 aromatic heterocycles. The maximum Gasteiger partial charge on any atom is 0.407 e. The summed E-state index contributed by atoms with van der Waals surface area (Å²) >= 11 is 6.00. The van der Waals surface area contributed by atoms with Gasteiger partial charge >= 0.3 is 6.09 Å². The van der Waals surface area contributed by atoms with E-state index in [2.05, 4.69) is 11.9 Å². The molecule has 0 aliphatic heterocycles. The number of hydrogen-bond acceptors (Lipinski definition) is 2. The summed E-state index contributed by atoms with van der Waals surface area (Å²) in [5, 5.41) is 3.47. The number of rotatable bonds is 6. The second-order valence-electron chi connectivity index (χ2n) is 4.84. The minimum Gasteiger partial charge on any atom is -0.445 e. The van der Waals surface area contributed by atoms with Crippen molar-refractivity contribution in [2.24, 2.45) is 0 Å². The molecule has 114 valence electrons. The monoisotopic (exact) mass is 315 g/mol. The van der Waals surface area contributed by atoms with Gasteiger partial charge < -0.3 is 10.1 Å². The molecule has 22 heavy (non-hydrogen) atoms. The van der Waals surface area contributed by atoms with E-state index >= 15 is 0 Å². The van der Waals surface area contributed by atoms with E-state index in [9.17, 15) is 4.79 Å². The molecule has 4 heteroatoms. The van der Waals surface area contributed by atoms with Crippen LogP contribution in [0.5, 0.6) is 0 Å². The molecular weight excluding hydrogens is 298 g/mol. The number of amides is 1. The average molecular weight is 316 g/mol. The predicted octanol–water partition coefficient (Wildman–Crippen LogP) is 4.88. The van der Waals surface area contributed by atoms with Gasteiger partial charge in [0.15, 0.2) is 0 Å². The van der Waals surface area contributed by atoms with Crippen LogP contribution >= 0.6 is 11.6 Å². The van der Waals surface area contributed by atoms with Gasteiger partial charge in [0.2, 0.25) is 0 Å². The molecule has 1 atom stereocenters. The number of nitrogens with one attached hydrogen (secondary N) is 1. The Labute approximate surface area is 135 Å². The molecule has 0 spiro atoms. The SMILES string of the molecule is C=CCC(NC(=O)OCc1ccccc1)c1cccc(Cl)c1. The molecule has 0 saturated heterocycles. The van der Waals surface area contributed by atoms with Gasteiger partial charge in [-0.2, -0.15) is 0 Å². The highest BCUT2D eigenvalue weighted by molar-refractivity contribution is 6.30. The fourth-order valence-electron chi connectivity index (χ4n) is 2.08. The van der Waals surface area contributed by atoms with Gasteiger partial charge in [-0.15, -0.1) is 6.58 Å². The zero-order chi connectivity index (χ0) is 15.8. The number of benzene rings is 2. The lowest BCUT2D eigenvalue weighted by Gasteiger charge is -2.18. The van der Waals surface area contributed by atoms with E-state index in [4.69, 9.17) is 16.3 Å². The molecule has 3 nitrogen and oxygen atoms in total. The van der Waals surface area contributed by atoms with Crippen LogP contribution in [0.4, 0.5) is 4.79 Å². The molecule has 0 heterocycles. The van der Waals surface area contributed by atoms with Crippen LogP contribution in [0, 0.1) is 0 Å². The summed E-state index contributed by atoms with van der Waals surface area (Å²) in [6, 6.07) is 16.7. The van der Waals surface area contributed by atoms with E-state index in [0.717, 1.165) is 11.1 Å². The molecule has 0 saturated carbocycles. The van der Waals surface area contributed by atoms with Crippen LogP contribution in [-0.4, -0.2) is 6.09 Å². The van der Waals surface area contributed by atoms with Crippen molar-refractivity contribution in [3.8, 4) is 0 Å². The Kier molecular flexibility index (Phi) is 6.04. The third-order valence-electron chi connectivity index (χ3n) is 3.16. The molecule has 1 unspecified atom stereocenters. The highest BCUT2D eigenvalue weighted by atomic mass is 35.5. The van der Waals surface area contributed by atoms with Crippen molar-refractivity contribution in [1.82, 2.24) is 5.32 Å². The van der Waals surface area contributed by atoms with Crippen LogP contribution in [0.15, 0.2) is 67.3 Å². The molecule has 1 N–H and O–H groups in total. The maximum absolute atomic E-state index is 12.0. The minimum atomic E-state index is -0.462. The second kappa shape index (κ2) is 8.25. The fourth-order valence-corrected chi connectivity index (χ4v) is 2.27. The molecular formula is C18H18ClNO2. The van der Waals surface area contributed by atoms with E-state index < -0.39 is 6.09 Å². The maximum atomic E-state index is 12.0. The van der Waals surface area contributed by atoms with Crippen LogP contribution in [0.3, 0.4) is 0 Å². The number of hydrogen-bond donors (Lipinski definition) is 1. The Bertz CT molecular complexity index is 628. The third-order valence-corrected chi connectivity index (χ3v) is 3.39. The van der Waals surface area contributed by atoms with Gasteiger partial charge in [-0.25, -0.2) is 4.79 Å². The second-order valence-corrected chi connectivity index (χ2v) is 5.27. The lowest BCUT2D eigenvalue weighted by atomic mass is 10.0. The van der Waals surface area contributed by atoms with Crippen molar-refractivity contribution >= 4 is 17.7 Å². The Balaban J connectivity index is 1.95. The summed E-state index contributed by atoms with van der Waals surface area (Å²) in [7, 11) is 0. The molecule has 0 bridgehead atoms. The summed E-state index contributed by atoms with van der Waals surface area (Å²) in [5.41, 5.74) is 1.87. The highest BCUT2D eigenvalue weighted by Gasteiger charge is 2.14. The molecule has 0 radical (unpaired) electrons. The van der Waals surface area contributed by atoms with E-state index in [1.807, 2.05) is 48.5 Å². The van der Waals surface area contributed by atoms with Crippen molar-refractivity contribution in [1.29, 1.82) is 0 Å². The van der Waals surface area contributed by atoms with Crippen molar-refractivity contribution in [2.45, 2.75) is 19.1 Å². The first-order valence-corrected chi connectivity index (χ1v) is 7.40. The zero-order valence-electron chi connectivity index (χ0n) is 12.2. The van der Waals surface area contributed by atoms with E-state index in [1.54, 1.807) is 12.1 Å². The topological polar surface area (TPSA) is 38.3 Å². The average Bonchev–Trinajstić information content (AvgIpc) is 2.53. The third kappa shape index (κ3) is 4.93. The Hall–Kier alpha value is -2.26. The van der Waals surface area contributed by atoms with Gasteiger partial charge in [-0.1, -0.05) is 60.1 Å². The number of carbonyl (C=O) groups excluding carboxylic acids is 1. The highest BCUT2D eigenvalue weighted by Crippen LogP contribution is 2.21. The first-order chi connectivity index (χ1) is 10.7. The van der Waals surface area contributed by atoms with Gasteiger partial charge in [0.05, 0.1) is 6.04 Å². The van der Waals surface area contributed by atoms with Crippen molar-refractivity contribution in [3.63, 3.8) is 0 Å². The largest absolute Gasteiger partial charge is 0.445 e. The van der Waals surface area contributed by atoms with Crippen LogP contribution < -0.4 is 5.32 Å². The van der Waals surface area contributed by atoms with Crippen molar-refractivity contribution < 1.29 is 9.53 Å². The summed E-state index contributed by atoms with van der Waals surface area (Å²) in [6.07, 6.45) is 1.89. The quantitative estimate of drug-likeness (QED) is 0.771. The van der Waals surface area contributed by atoms with Crippen LogP contribution in [0.1, 0.15) is 23.6 Å². The van der Waals surface area contributed by atoms with E-state index in [-0.39, 0.29) is 12.6 Å². The molecule has 0 aliphatic carbocycles. The Morgan fingerprint density at radius 2 is 2.00 bits per heavy atom. The number of halogens is 1. The number of carbonyl (C=O) groups is 1. The fraction of sp³-hybridized carbons (Fsp3) is 0.167. The first-order valence-electron chi connectivity index (χ1n) is 7.02. The van der Waals surface area contributed by atoms with Gasteiger partial charge in [0.1, 0.15) is 6.61 Å². The summed E-state index contributed by atoms with van der Waals surface area (Å²) in [6.45, 7) is 3.96. The Morgan fingerprint density at radius 1 is 1.23 bits per heavy atom. The van der Waals surface area contributed by atoms with E-state index in [0.29, 0.717) is 11.4 Å². The van der Waals surface area contributed by atoms with E-state index in [1.165, 1.54) is 0 Å². The first kappa shape index (κ1) is 16.1. The molecule has 1 amide bonds. The van der Waals surface area contributed by atoms with Crippen molar-refractivity contribution in [3.05, 3.63) is 83.4 Å². The summed E-state index contributed by atoms with van der Waals surface area (Å²) in [5.74, 6) is 0. The molecule has 2 rings (SSSR count). The normalized spacial score (nSPS) is 11.5. The van der Waals surface area contributed by atoms with Crippen LogP contribution in [0.25, 0.3) is 0 Å². The summed E-state index contributed by atoms with van der Waals surface area (Å²) < 4.78 is 5.24. The molecule has 2 aromatic rings. The van der Waals surface area contributed by atoms with Crippen LogP contribution in [-0.2, 0) is 11.3 Å². The van der Waals surface area contributed by atoms with Crippen molar-refractivity contribution in [2.75, 3.05) is 0 Å². The number of alkyl carbamates (subject to hydrolysis) is 1. The lowest BCUT2D eigenvalue weighted by molar-refractivity contribution is 0.135. The van der Waals surface area contributed by atoms with Gasteiger partial charge in [-0.3, -0.25) is 0 Å². The predicted molar refractivity (Wildman–Crippen MR) is 88.8 cm³/mol. The standard InChI is InChI=1S/C18H18ClNO2/c1-2-7-17(15-10-6-11-16(19)12-15)20-18(21)22-13-14-8-4-3-5-9-14/h2-6,8-12,17H,1,7,13H2,(H,20,21). The van der Waals surface area contributed by atoms with Gasteiger partial charge in [0.25, 0.3) is 0 Å². The minimum absolute atomic E-state index is 0.209. The van der Waals surface area contributed by atoms with Gasteiger partial charge in [-0.05, 0) is 29.7 Å². The van der Waals surface area contributed by atoms with Gasteiger partial charge in [0, 0.05) is 5.02 Å². The summed E-state index contributed by atoms with van der Waals surface area (Å²) in [4.78, 5) is 12.0.